The SMILES string of the molecule is FC1(Cc2ccc(Cl)s2)CCCNC1. The van der Waals surface area contributed by atoms with Crippen molar-refractivity contribution in [3.05, 3.63) is 21.3 Å². The van der Waals surface area contributed by atoms with E-state index in [1.165, 1.54) is 11.3 Å². The molecular weight excluding hydrogens is 221 g/mol. The molecule has 14 heavy (non-hydrogen) atoms. The number of piperidine rings is 1. The first kappa shape index (κ1) is 10.4. The van der Waals surface area contributed by atoms with Crippen molar-refractivity contribution >= 4 is 22.9 Å². The van der Waals surface area contributed by atoms with E-state index in [0.29, 0.717) is 19.4 Å². The first-order valence-electron chi connectivity index (χ1n) is 4.82. The van der Waals surface area contributed by atoms with E-state index in [9.17, 15) is 4.39 Å². The highest BCUT2D eigenvalue weighted by Crippen LogP contribution is 2.30. The van der Waals surface area contributed by atoms with Gasteiger partial charge < -0.3 is 5.32 Å². The number of hydrogen-bond acceptors (Lipinski definition) is 2. The van der Waals surface area contributed by atoms with Gasteiger partial charge in [0.05, 0.1) is 4.34 Å². The Bertz CT molecular complexity index is 307. The predicted octanol–water partition coefficient (Wildman–Crippen LogP) is 3.04. The normalized spacial score (nSPS) is 27.9. The van der Waals surface area contributed by atoms with Gasteiger partial charge in [0.25, 0.3) is 0 Å². The molecule has 1 aromatic rings. The molecule has 1 saturated heterocycles. The van der Waals surface area contributed by atoms with Gasteiger partial charge in [0.1, 0.15) is 5.67 Å². The molecule has 1 unspecified atom stereocenters. The van der Waals surface area contributed by atoms with E-state index in [4.69, 9.17) is 11.6 Å². The molecule has 1 aliphatic heterocycles. The van der Waals surface area contributed by atoms with Gasteiger partial charge in [-0.05, 0) is 31.5 Å². The molecule has 2 rings (SSSR count). The number of halogens is 2. The molecule has 1 nitrogen and oxygen atoms in total. The van der Waals surface area contributed by atoms with Crippen LogP contribution in [0.5, 0.6) is 0 Å². The van der Waals surface area contributed by atoms with Crippen molar-refractivity contribution in [2.75, 3.05) is 13.1 Å². The molecule has 1 atom stereocenters. The first-order valence-corrected chi connectivity index (χ1v) is 6.01. The maximum Gasteiger partial charge on any atom is 0.128 e. The fourth-order valence-corrected chi connectivity index (χ4v) is 3.05. The average molecular weight is 234 g/mol. The van der Waals surface area contributed by atoms with Crippen LogP contribution in [0.4, 0.5) is 4.39 Å². The summed E-state index contributed by atoms with van der Waals surface area (Å²) in [5.41, 5.74) is -1.06. The minimum absolute atomic E-state index is 0.475. The maximum atomic E-state index is 14.2. The van der Waals surface area contributed by atoms with E-state index in [-0.39, 0.29) is 0 Å². The summed E-state index contributed by atoms with van der Waals surface area (Å²) in [4.78, 5) is 1.04. The molecule has 0 amide bonds. The largest absolute Gasteiger partial charge is 0.314 e. The molecule has 1 N–H and O–H groups in total. The van der Waals surface area contributed by atoms with Crippen LogP contribution >= 0.6 is 22.9 Å². The number of nitrogens with one attached hydrogen (secondary N) is 1. The monoisotopic (exact) mass is 233 g/mol. The molecule has 1 aliphatic rings. The third-order valence-electron chi connectivity index (χ3n) is 2.54. The van der Waals surface area contributed by atoms with Crippen LogP contribution in [0.3, 0.4) is 0 Å². The van der Waals surface area contributed by atoms with E-state index >= 15 is 0 Å². The lowest BCUT2D eigenvalue weighted by Crippen LogP contribution is -2.43. The van der Waals surface area contributed by atoms with Crippen LogP contribution in [0.1, 0.15) is 17.7 Å². The van der Waals surface area contributed by atoms with Crippen LogP contribution in [0.15, 0.2) is 12.1 Å². The zero-order valence-electron chi connectivity index (χ0n) is 7.85. The highest BCUT2D eigenvalue weighted by molar-refractivity contribution is 7.16. The molecule has 0 spiro atoms. The van der Waals surface area contributed by atoms with E-state index in [1.54, 1.807) is 0 Å². The Morgan fingerprint density at radius 2 is 2.43 bits per heavy atom. The Labute approximate surface area is 92.3 Å². The lowest BCUT2D eigenvalue weighted by Gasteiger charge is -2.29. The van der Waals surface area contributed by atoms with Gasteiger partial charge in [0.2, 0.25) is 0 Å². The Morgan fingerprint density at radius 1 is 1.57 bits per heavy atom. The summed E-state index contributed by atoms with van der Waals surface area (Å²) < 4.78 is 14.9. The molecule has 0 aromatic carbocycles. The van der Waals surface area contributed by atoms with Crippen molar-refractivity contribution in [3.8, 4) is 0 Å². The fourth-order valence-electron chi connectivity index (χ4n) is 1.84. The quantitative estimate of drug-likeness (QED) is 0.828. The molecule has 0 radical (unpaired) electrons. The van der Waals surface area contributed by atoms with Crippen LogP contribution in [0.25, 0.3) is 0 Å². The molecule has 1 aromatic heterocycles. The van der Waals surface area contributed by atoms with Crippen molar-refractivity contribution in [3.63, 3.8) is 0 Å². The molecule has 0 bridgehead atoms. The van der Waals surface area contributed by atoms with Crippen molar-refractivity contribution in [1.82, 2.24) is 5.32 Å². The Hall–Kier alpha value is -0.120. The molecule has 1 fully saturated rings. The second-order valence-corrected chi connectivity index (χ2v) is 5.61. The van der Waals surface area contributed by atoms with Gasteiger partial charge in [-0.25, -0.2) is 4.39 Å². The number of rotatable bonds is 2. The van der Waals surface area contributed by atoms with Crippen LogP contribution in [-0.4, -0.2) is 18.8 Å². The summed E-state index contributed by atoms with van der Waals surface area (Å²) >= 11 is 7.28. The second-order valence-electron chi connectivity index (χ2n) is 3.81. The van der Waals surface area contributed by atoms with Crippen LogP contribution < -0.4 is 5.32 Å². The van der Waals surface area contributed by atoms with Gasteiger partial charge >= 0.3 is 0 Å². The number of thiophene rings is 1. The number of alkyl halides is 1. The summed E-state index contributed by atoms with van der Waals surface area (Å²) in [5, 5.41) is 3.10. The molecule has 0 saturated carbocycles. The smallest absolute Gasteiger partial charge is 0.128 e. The summed E-state index contributed by atoms with van der Waals surface area (Å²) in [6.45, 7) is 1.42. The van der Waals surface area contributed by atoms with Gasteiger partial charge in [-0.3, -0.25) is 0 Å². The van der Waals surface area contributed by atoms with Crippen LogP contribution in [0.2, 0.25) is 4.34 Å². The summed E-state index contributed by atoms with van der Waals surface area (Å²) in [7, 11) is 0. The third-order valence-corrected chi connectivity index (χ3v) is 3.77. The Balaban J connectivity index is 2.01. The third kappa shape index (κ3) is 2.47. The highest BCUT2D eigenvalue weighted by Gasteiger charge is 2.32. The molecule has 0 aliphatic carbocycles. The van der Waals surface area contributed by atoms with Crippen molar-refractivity contribution in [1.29, 1.82) is 0 Å². The molecule has 2 heterocycles. The van der Waals surface area contributed by atoms with Crippen molar-refractivity contribution < 1.29 is 4.39 Å². The Morgan fingerprint density at radius 3 is 3.00 bits per heavy atom. The van der Waals surface area contributed by atoms with Gasteiger partial charge in [0.15, 0.2) is 0 Å². The lowest BCUT2D eigenvalue weighted by molar-refractivity contribution is 0.123. The standard InChI is InChI=1S/C10H13ClFNS/c11-9-3-2-8(14-9)6-10(12)4-1-5-13-7-10/h2-3,13H,1,4-7H2. The van der Waals surface area contributed by atoms with Gasteiger partial charge in [0, 0.05) is 17.8 Å². The lowest BCUT2D eigenvalue weighted by atomic mass is 9.92. The summed E-state index contributed by atoms with van der Waals surface area (Å²) in [5.74, 6) is 0. The number of hydrogen-bond donors (Lipinski definition) is 1. The minimum atomic E-state index is -1.06. The summed E-state index contributed by atoms with van der Waals surface area (Å²) in [6.07, 6.45) is 2.09. The van der Waals surface area contributed by atoms with Gasteiger partial charge in [-0.15, -0.1) is 11.3 Å². The zero-order valence-corrected chi connectivity index (χ0v) is 9.43. The van der Waals surface area contributed by atoms with E-state index in [2.05, 4.69) is 5.32 Å². The maximum absolute atomic E-state index is 14.2. The first-order chi connectivity index (χ1) is 6.68. The molecular formula is C10H13ClFNS. The predicted molar refractivity (Wildman–Crippen MR) is 59.0 cm³/mol. The highest BCUT2D eigenvalue weighted by atomic mass is 35.5. The van der Waals surface area contributed by atoms with Crippen LogP contribution in [0, 0.1) is 0 Å². The van der Waals surface area contributed by atoms with Crippen LogP contribution in [-0.2, 0) is 6.42 Å². The zero-order chi connectivity index (χ0) is 10.0. The van der Waals surface area contributed by atoms with E-state index < -0.39 is 5.67 Å². The minimum Gasteiger partial charge on any atom is -0.314 e. The van der Waals surface area contributed by atoms with E-state index in [0.717, 1.165) is 22.2 Å². The Kier molecular flexibility index (Phi) is 3.10. The molecule has 4 heteroatoms. The van der Waals surface area contributed by atoms with Crippen molar-refractivity contribution in [2.45, 2.75) is 24.9 Å². The van der Waals surface area contributed by atoms with Crippen molar-refractivity contribution in [2.24, 2.45) is 0 Å². The fraction of sp³-hybridized carbons (Fsp3) is 0.600. The van der Waals surface area contributed by atoms with Gasteiger partial charge in [-0.2, -0.15) is 0 Å². The summed E-state index contributed by atoms with van der Waals surface area (Å²) in [6, 6.07) is 3.75. The topological polar surface area (TPSA) is 12.0 Å². The average Bonchev–Trinajstić information content (AvgIpc) is 2.51. The second kappa shape index (κ2) is 4.17. The van der Waals surface area contributed by atoms with E-state index in [1.807, 2.05) is 12.1 Å². The van der Waals surface area contributed by atoms with Gasteiger partial charge in [-0.1, -0.05) is 11.6 Å². The molecule has 78 valence electrons.